The van der Waals surface area contributed by atoms with Gasteiger partial charge in [-0.2, -0.15) is 26.3 Å². The molecule has 12 heteroatoms. The standard InChI is InChI=1S/C24H20F7IN2O2/c1-3-9-21(10-11-21)34-20(36)18-15(5-4-6-16(18)32)19(35)33-17-8-7-14(12-13(17)2)22(25,23(26,27)28)24(29,30)31/h3-8,12H,1,9-11H2,2H3,(H,33,35)(H,34,36). The highest BCUT2D eigenvalue weighted by Crippen LogP contribution is 2.53. The fourth-order valence-electron chi connectivity index (χ4n) is 3.75. The van der Waals surface area contributed by atoms with Gasteiger partial charge in [-0.3, -0.25) is 9.59 Å². The largest absolute Gasteiger partial charge is 0.435 e. The fourth-order valence-corrected chi connectivity index (χ4v) is 4.49. The third kappa shape index (κ3) is 5.23. The number of carbonyl (C=O) groups excluding carboxylic acids is 2. The van der Waals surface area contributed by atoms with E-state index in [2.05, 4.69) is 17.2 Å². The molecule has 1 saturated carbocycles. The molecule has 2 amide bonds. The highest BCUT2D eigenvalue weighted by Gasteiger charge is 2.73. The van der Waals surface area contributed by atoms with Crippen molar-refractivity contribution in [2.45, 2.75) is 49.7 Å². The highest BCUT2D eigenvalue weighted by molar-refractivity contribution is 14.1. The summed E-state index contributed by atoms with van der Waals surface area (Å²) in [5.41, 5.74) is -8.06. The van der Waals surface area contributed by atoms with Crippen molar-refractivity contribution in [1.82, 2.24) is 5.32 Å². The lowest BCUT2D eigenvalue weighted by Crippen LogP contribution is -2.50. The van der Waals surface area contributed by atoms with Crippen molar-refractivity contribution in [3.8, 4) is 0 Å². The molecule has 2 N–H and O–H groups in total. The Kier molecular flexibility index (Phi) is 7.51. The number of carbonyl (C=O) groups is 2. The Labute approximate surface area is 215 Å². The van der Waals surface area contributed by atoms with Crippen LogP contribution in [-0.4, -0.2) is 29.7 Å². The summed E-state index contributed by atoms with van der Waals surface area (Å²) in [6.07, 6.45) is -8.81. The molecule has 3 rings (SSSR count). The number of nitrogens with one attached hydrogen (secondary N) is 2. The van der Waals surface area contributed by atoms with E-state index in [-0.39, 0.29) is 22.4 Å². The number of anilines is 1. The zero-order valence-electron chi connectivity index (χ0n) is 18.7. The number of amides is 2. The summed E-state index contributed by atoms with van der Waals surface area (Å²) < 4.78 is 93.2. The van der Waals surface area contributed by atoms with Crippen molar-refractivity contribution >= 4 is 40.1 Å². The van der Waals surface area contributed by atoms with E-state index in [0.29, 0.717) is 22.1 Å². The molecule has 0 unspecified atom stereocenters. The molecule has 0 heterocycles. The molecule has 36 heavy (non-hydrogen) atoms. The first-order valence-electron chi connectivity index (χ1n) is 10.5. The summed E-state index contributed by atoms with van der Waals surface area (Å²) in [6.45, 7) is 4.79. The summed E-state index contributed by atoms with van der Waals surface area (Å²) in [4.78, 5) is 26.0. The summed E-state index contributed by atoms with van der Waals surface area (Å²) in [7, 11) is 0. The third-order valence-electron chi connectivity index (χ3n) is 5.91. The van der Waals surface area contributed by atoms with Gasteiger partial charge in [0.2, 0.25) is 0 Å². The number of rotatable bonds is 7. The van der Waals surface area contributed by atoms with Crippen molar-refractivity contribution < 1.29 is 40.3 Å². The van der Waals surface area contributed by atoms with Gasteiger partial charge in [0.25, 0.3) is 11.8 Å². The minimum atomic E-state index is -6.25. The van der Waals surface area contributed by atoms with Crippen LogP contribution in [0.5, 0.6) is 0 Å². The molecule has 2 aromatic rings. The van der Waals surface area contributed by atoms with Crippen LogP contribution in [0.25, 0.3) is 0 Å². The Morgan fingerprint density at radius 2 is 1.64 bits per heavy atom. The number of aryl methyl sites for hydroxylation is 1. The summed E-state index contributed by atoms with van der Waals surface area (Å²) in [5, 5.41) is 5.28. The van der Waals surface area contributed by atoms with Crippen LogP contribution in [0.2, 0.25) is 0 Å². The van der Waals surface area contributed by atoms with Gasteiger partial charge in [0, 0.05) is 20.4 Å². The maximum absolute atomic E-state index is 14.4. The molecule has 1 aliphatic rings. The first kappa shape index (κ1) is 27.9. The minimum absolute atomic E-state index is 0.0531. The van der Waals surface area contributed by atoms with E-state index in [0.717, 1.165) is 25.8 Å². The first-order valence-corrected chi connectivity index (χ1v) is 11.6. The van der Waals surface area contributed by atoms with Gasteiger partial charge in [-0.15, -0.1) is 6.58 Å². The Balaban J connectivity index is 1.91. The summed E-state index contributed by atoms with van der Waals surface area (Å²) in [5.74, 6) is -1.32. The molecule has 1 fully saturated rings. The number of hydrogen-bond acceptors (Lipinski definition) is 2. The van der Waals surface area contributed by atoms with Crippen molar-refractivity contribution in [2.24, 2.45) is 0 Å². The SMILES string of the molecule is C=CCC1(NC(=O)c2c(I)cccc2C(=O)Nc2ccc(C(F)(C(F)(F)F)C(F)(F)F)cc2C)CC1. The average Bonchev–Trinajstić information content (AvgIpc) is 3.51. The highest BCUT2D eigenvalue weighted by atomic mass is 127. The predicted octanol–water partition coefficient (Wildman–Crippen LogP) is 6.98. The third-order valence-corrected chi connectivity index (χ3v) is 6.81. The number of benzene rings is 2. The second kappa shape index (κ2) is 9.67. The predicted molar refractivity (Wildman–Crippen MR) is 127 cm³/mol. The molecular weight excluding hydrogens is 608 g/mol. The second-order valence-electron chi connectivity index (χ2n) is 8.53. The molecule has 0 saturated heterocycles. The first-order chi connectivity index (χ1) is 16.6. The maximum atomic E-state index is 14.4. The van der Waals surface area contributed by atoms with Gasteiger partial charge in [0.15, 0.2) is 0 Å². The van der Waals surface area contributed by atoms with Gasteiger partial charge in [-0.1, -0.05) is 24.3 Å². The number of hydrogen-bond donors (Lipinski definition) is 2. The van der Waals surface area contributed by atoms with E-state index in [4.69, 9.17) is 0 Å². The topological polar surface area (TPSA) is 58.2 Å². The Bertz CT molecular complexity index is 1190. The van der Waals surface area contributed by atoms with Gasteiger partial charge < -0.3 is 10.6 Å². The van der Waals surface area contributed by atoms with Crippen LogP contribution in [-0.2, 0) is 5.67 Å². The second-order valence-corrected chi connectivity index (χ2v) is 9.69. The Hall–Kier alpha value is -2.64. The molecule has 0 spiro atoms. The van der Waals surface area contributed by atoms with Crippen LogP contribution in [0.15, 0.2) is 49.1 Å². The van der Waals surface area contributed by atoms with Crippen LogP contribution in [0.4, 0.5) is 36.4 Å². The average molecular weight is 628 g/mol. The molecular formula is C24H20F7IN2O2. The molecule has 2 aromatic carbocycles. The van der Waals surface area contributed by atoms with Crippen molar-refractivity contribution in [2.75, 3.05) is 5.32 Å². The lowest BCUT2D eigenvalue weighted by molar-refractivity contribution is -0.348. The quantitative estimate of drug-likeness (QED) is 0.198. The van der Waals surface area contributed by atoms with Gasteiger partial charge in [0.1, 0.15) is 0 Å². The van der Waals surface area contributed by atoms with E-state index in [1.807, 2.05) is 22.6 Å². The Morgan fingerprint density at radius 3 is 2.14 bits per heavy atom. The molecule has 194 valence electrons. The van der Waals surface area contributed by atoms with E-state index in [1.165, 1.54) is 12.1 Å². The van der Waals surface area contributed by atoms with Gasteiger partial charge >= 0.3 is 18.0 Å². The number of alkyl halides is 7. The zero-order chi connectivity index (χ0) is 27.1. The van der Waals surface area contributed by atoms with Gasteiger partial charge in [-0.25, -0.2) is 4.39 Å². The molecule has 1 aliphatic carbocycles. The van der Waals surface area contributed by atoms with E-state index in [1.54, 1.807) is 12.1 Å². The molecule has 0 bridgehead atoms. The smallest absolute Gasteiger partial charge is 0.346 e. The van der Waals surface area contributed by atoms with Crippen molar-refractivity contribution in [3.63, 3.8) is 0 Å². The maximum Gasteiger partial charge on any atom is 0.435 e. The monoisotopic (exact) mass is 628 g/mol. The van der Waals surface area contributed by atoms with Gasteiger partial charge in [-0.05, 0) is 72.5 Å². The Morgan fingerprint density at radius 1 is 1.03 bits per heavy atom. The van der Waals surface area contributed by atoms with Crippen LogP contribution >= 0.6 is 22.6 Å². The van der Waals surface area contributed by atoms with Crippen LogP contribution in [0, 0.1) is 10.5 Å². The molecule has 0 radical (unpaired) electrons. The lowest BCUT2D eigenvalue weighted by Gasteiger charge is -2.30. The van der Waals surface area contributed by atoms with Crippen LogP contribution in [0.3, 0.4) is 0 Å². The number of halogens is 8. The normalized spacial score (nSPS) is 15.2. The van der Waals surface area contributed by atoms with Crippen molar-refractivity contribution in [1.29, 1.82) is 0 Å². The summed E-state index contributed by atoms with van der Waals surface area (Å²) >= 11 is 1.88. The van der Waals surface area contributed by atoms with Crippen molar-refractivity contribution in [3.05, 3.63) is 74.9 Å². The van der Waals surface area contributed by atoms with Gasteiger partial charge in [0.05, 0.1) is 11.1 Å². The summed E-state index contributed by atoms with van der Waals surface area (Å²) in [6, 6.07) is 5.94. The zero-order valence-corrected chi connectivity index (χ0v) is 20.9. The minimum Gasteiger partial charge on any atom is -0.346 e. The van der Waals surface area contributed by atoms with Crippen LogP contribution in [0.1, 0.15) is 51.1 Å². The van der Waals surface area contributed by atoms with E-state index >= 15 is 0 Å². The van der Waals surface area contributed by atoms with E-state index < -0.39 is 40.9 Å². The lowest BCUT2D eigenvalue weighted by atomic mass is 9.92. The molecule has 0 aliphatic heterocycles. The van der Waals surface area contributed by atoms with Crippen LogP contribution < -0.4 is 10.6 Å². The fraction of sp³-hybridized carbons (Fsp3) is 0.333. The molecule has 0 aromatic heterocycles. The molecule has 4 nitrogen and oxygen atoms in total. The van der Waals surface area contributed by atoms with E-state index in [9.17, 15) is 40.3 Å². The molecule has 0 atom stereocenters.